The average Bonchev–Trinajstić information content (AvgIpc) is 3.01. The maximum absolute atomic E-state index is 13.0. The lowest BCUT2D eigenvalue weighted by atomic mass is 9.86. The quantitative estimate of drug-likeness (QED) is 0.480. The monoisotopic (exact) mass is 502 g/mol. The molecule has 0 spiro atoms. The lowest BCUT2D eigenvalue weighted by Gasteiger charge is -2.48. The predicted molar refractivity (Wildman–Crippen MR) is 136 cm³/mol. The minimum absolute atomic E-state index is 0.115. The number of carbonyl (C=O) groups is 1. The number of halogens is 1. The Morgan fingerprint density at radius 2 is 2.03 bits per heavy atom. The van der Waals surface area contributed by atoms with Crippen molar-refractivity contribution < 1.29 is 19.0 Å². The number of amides is 1. The SMILES string of the molecule is COCOc1cc(Cl)ccc1-c1ccc(N(C)[C@@H]2CC3CC[C@@](C)(C2)N3C(=O)OC(C)(C)C)nn1. The molecule has 3 atom stereocenters. The van der Waals surface area contributed by atoms with Crippen LogP contribution in [-0.2, 0) is 9.47 Å². The minimum atomic E-state index is -0.504. The lowest BCUT2D eigenvalue weighted by molar-refractivity contribution is -0.0130. The largest absolute Gasteiger partial charge is 0.467 e. The van der Waals surface area contributed by atoms with Crippen molar-refractivity contribution in [1.82, 2.24) is 15.1 Å². The standard InChI is InChI=1S/C26H35ClN4O4/c1-25(2,3)35-24(32)31-18-11-12-26(31,4)15-19(14-18)30(5)23-10-9-21(28-29-23)20-8-7-17(27)13-22(20)34-16-33-6/h7-10,13,18-19H,11-12,14-16H2,1-6H3/t18?,19-,26+/m1/s1. The molecule has 0 N–H and O–H groups in total. The molecule has 190 valence electrons. The highest BCUT2D eigenvalue weighted by molar-refractivity contribution is 6.30. The first-order chi connectivity index (χ1) is 16.5. The number of ether oxygens (including phenoxy) is 3. The molecule has 2 saturated heterocycles. The van der Waals surface area contributed by atoms with Crippen molar-refractivity contribution >= 4 is 23.5 Å². The fourth-order valence-corrected chi connectivity index (χ4v) is 5.43. The summed E-state index contributed by atoms with van der Waals surface area (Å²) in [5.74, 6) is 1.38. The number of carbonyl (C=O) groups excluding carboxylic acids is 1. The zero-order chi connectivity index (χ0) is 25.4. The number of hydrogen-bond acceptors (Lipinski definition) is 7. The average molecular weight is 503 g/mol. The highest BCUT2D eigenvalue weighted by Gasteiger charge is 2.53. The number of benzene rings is 1. The third kappa shape index (κ3) is 5.48. The van der Waals surface area contributed by atoms with Crippen LogP contribution in [0, 0.1) is 0 Å². The highest BCUT2D eigenvalue weighted by Crippen LogP contribution is 2.46. The van der Waals surface area contributed by atoms with Crippen molar-refractivity contribution in [2.24, 2.45) is 0 Å². The van der Waals surface area contributed by atoms with Gasteiger partial charge in [0, 0.05) is 42.4 Å². The van der Waals surface area contributed by atoms with Crippen LogP contribution in [-0.4, -0.2) is 65.4 Å². The van der Waals surface area contributed by atoms with E-state index in [1.165, 1.54) is 0 Å². The van der Waals surface area contributed by atoms with E-state index in [-0.39, 0.29) is 30.5 Å². The number of rotatable bonds is 6. The minimum Gasteiger partial charge on any atom is -0.467 e. The molecule has 35 heavy (non-hydrogen) atoms. The van der Waals surface area contributed by atoms with Gasteiger partial charge in [0.05, 0.1) is 5.69 Å². The summed E-state index contributed by atoms with van der Waals surface area (Å²) in [5, 5.41) is 9.57. The summed E-state index contributed by atoms with van der Waals surface area (Å²) in [6.45, 7) is 8.02. The molecule has 4 rings (SSSR count). The smallest absolute Gasteiger partial charge is 0.410 e. The van der Waals surface area contributed by atoms with Crippen molar-refractivity contribution in [1.29, 1.82) is 0 Å². The van der Waals surface area contributed by atoms with Crippen LogP contribution in [0.2, 0.25) is 5.02 Å². The summed E-state index contributed by atoms with van der Waals surface area (Å²) < 4.78 is 16.4. The molecule has 1 aromatic carbocycles. The van der Waals surface area contributed by atoms with E-state index in [1.807, 2.05) is 43.9 Å². The summed E-state index contributed by atoms with van der Waals surface area (Å²) >= 11 is 6.14. The molecule has 3 heterocycles. The molecule has 2 aliphatic rings. The van der Waals surface area contributed by atoms with Crippen LogP contribution >= 0.6 is 11.6 Å². The summed E-state index contributed by atoms with van der Waals surface area (Å²) in [6.07, 6.45) is 3.50. The van der Waals surface area contributed by atoms with Gasteiger partial charge in [-0.3, -0.25) is 4.90 Å². The Balaban J connectivity index is 1.49. The van der Waals surface area contributed by atoms with Crippen molar-refractivity contribution in [2.45, 2.75) is 76.6 Å². The molecule has 0 aliphatic carbocycles. The predicted octanol–water partition coefficient (Wildman–Crippen LogP) is 5.54. The molecule has 2 aromatic rings. The summed E-state index contributed by atoms with van der Waals surface area (Å²) in [7, 11) is 3.62. The lowest BCUT2D eigenvalue weighted by Crippen LogP contribution is -2.58. The second kappa shape index (κ2) is 9.82. The maximum Gasteiger partial charge on any atom is 0.410 e. The zero-order valence-electron chi connectivity index (χ0n) is 21.4. The third-order valence-electron chi connectivity index (χ3n) is 6.88. The molecular formula is C26H35ClN4O4. The van der Waals surface area contributed by atoms with Gasteiger partial charge in [-0.25, -0.2) is 4.79 Å². The van der Waals surface area contributed by atoms with E-state index in [0.29, 0.717) is 16.5 Å². The van der Waals surface area contributed by atoms with Crippen LogP contribution < -0.4 is 9.64 Å². The molecule has 1 unspecified atom stereocenters. The van der Waals surface area contributed by atoms with Crippen LogP contribution in [0.5, 0.6) is 5.75 Å². The Kier molecular flexibility index (Phi) is 7.16. The van der Waals surface area contributed by atoms with E-state index >= 15 is 0 Å². The number of methoxy groups -OCH3 is 1. The van der Waals surface area contributed by atoms with Gasteiger partial charge in [0.15, 0.2) is 12.6 Å². The van der Waals surface area contributed by atoms with E-state index < -0.39 is 5.60 Å². The number of aromatic nitrogens is 2. The number of piperidine rings is 1. The molecule has 1 aromatic heterocycles. The first-order valence-electron chi connectivity index (χ1n) is 12.0. The van der Waals surface area contributed by atoms with E-state index in [0.717, 1.165) is 37.1 Å². The van der Waals surface area contributed by atoms with Crippen molar-refractivity contribution in [3.63, 3.8) is 0 Å². The van der Waals surface area contributed by atoms with Crippen LogP contribution in [0.1, 0.15) is 53.4 Å². The number of fused-ring (bicyclic) bond motifs is 2. The molecule has 9 heteroatoms. The van der Waals surface area contributed by atoms with Gasteiger partial charge in [0.1, 0.15) is 11.4 Å². The van der Waals surface area contributed by atoms with Crippen molar-refractivity contribution in [3.8, 4) is 17.0 Å². The Morgan fingerprint density at radius 1 is 1.26 bits per heavy atom. The Bertz CT molecular complexity index is 1060. The van der Waals surface area contributed by atoms with Crippen LogP contribution in [0.15, 0.2) is 30.3 Å². The van der Waals surface area contributed by atoms with E-state index in [1.54, 1.807) is 19.2 Å². The van der Waals surface area contributed by atoms with E-state index in [4.69, 9.17) is 25.8 Å². The molecule has 8 nitrogen and oxygen atoms in total. The van der Waals surface area contributed by atoms with E-state index in [9.17, 15) is 4.79 Å². The maximum atomic E-state index is 13.0. The highest BCUT2D eigenvalue weighted by atomic mass is 35.5. The van der Waals surface area contributed by atoms with Crippen LogP contribution in [0.3, 0.4) is 0 Å². The van der Waals surface area contributed by atoms with Gasteiger partial charge in [0.25, 0.3) is 0 Å². The van der Waals surface area contributed by atoms with Crippen LogP contribution in [0.4, 0.5) is 10.6 Å². The molecule has 1 amide bonds. The summed E-state index contributed by atoms with van der Waals surface area (Å²) in [4.78, 5) is 17.1. The van der Waals surface area contributed by atoms with Crippen molar-refractivity contribution in [2.75, 3.05) is 25.9 Å². The number of hydrogen-bond donors (Lipinski definition) is 0. The van der Waals surface area contributed by atoms with Gasteiger partial charge in [-0.1, -0.05) is 11.6 Å². The van der Waals surface area contributed by atoms with Gasteiger partial charge in [-0.2, -0.15) is 0 Å². The van der Waals surface area contributed by atoms with Gasteiger partial charge in [-0.05, 0) is 83.7 Å². The normalized spacial score (nSPS) is 23.8. The Labute approximate surface area is 212 Å². The molecule has 2 fully saturated rings. The second-order valence-electron chi connectivity index (χ2n) is 10.7. The molecule has 0 saturated carbocycles. The molecular weight excluding hydrogens is 468 g/mol. The van der Waals surface area contributed by atoms with Crippen molar-refractivity contribution in [3.05, 3.63) is 35.4 Å². The van der Waals surface area contributed by atoms with E-state index in [2.05, 4.69) is 29.1 Å². The van der Waals surface area contributed by atoms with Gasteiger partial charge >= 0.3 is 6.09 Å². The van der Waals surface area contributed by atoms with Crippen LogP contribution in [0.25, 0.3) is 11.3 Å². The van der Waals surface area contributed by atoms with Gasteiger partial charge in [-0.15, -0.1) is 10.2 Å². The Hall–Kier alpha value is -2.58. The summed E-state index contributed by atoms with van der Waals surface area (Å²) in [6, 6.07) is 9.74. The number of anilines is 1. The third-order valence-corrected chi connectivity index (χ3v) is 7.12. The molecule has 0 radical (unpaired) electrons. The van der Waals surface area contributed by atoms with Gasteiger partial charge in [0.2, 0.25) is 0 Å². The fourth-order valence-electron chi connectivity index (χ4n) is 5.27. The molecule has 2 aliphatic heterocycles. The van der Waals surface area contributed by atoms with Gasteiger partial charge < -0.3 is 19.1 Å². The first-order valence-corrected chi connectivity index (χ1v) is 12.4. The zero-order valence-corrected chi connectivity index (χ0v) is 22.1. The summed E-state index contributed by atoms with van der Waals surface area (Å²) in [5.41, 5.74) is 0.756. The fraction of sp³-hybridized carbons (Fsp3) is 0.577. The second-order valence-corrected chi connectivity index (χ2v) is 11.1. The Morgan fingerprint density at radius 3 is 2.66 bits per heavy atom. The topological polar surface area (TPSA) is 77.0 Å². The first kappa shape index (κ1) is 25.5. The molecule has 2 bridgehead atoms. The number of nitrogens with zero attached hydrogens (tertiary/aromatic N) is 4.